The van der Waals surface area contributed by atoms with E-state index >= 15 is 0 Å². The zero-order valence-corrected chi connectivity index (χ0v) is 13.7. The van der Waals surface area contributed by atoms with Gasteiger partial charge in [-0.1, -0.05) is 17.7 Å². The number of carboxylic acids is 2. The van der Waals surface area contributed by atoms with Gasteiger partial charge in [0, 0.05) is 27.1 Å². The van der Waals surface area contributed by atoms with E-state index in [1.807, 2.05) is 0 Å². The number of halogens is 2. The number of carbonyl (C=O) groups is 3. The van der Waals surface area contributed by atoms with Gasteiger partial charge in [-0.2, -0.15) is 0 Å². The van der Waals surface area contributed by atoms with Gasteiger partial charge in [0.15, 0.2) is 5.92 Å². The number of rotatable bonds is 5. The highest BCUT2D eigenvalue weighted by atomic mass is 35.5. The summed E-state index contributed by atoms with van der Waals surface area (Å²) in [6.07, 6.45) is 0. The normalized spacial score (nSPS) is 11.0. The molecule has 0 amide bonds. The molecule has 132 valence electrons. The Kier molecular flexibility index (Phi) is 4.48. The molecule has 1 aromatic heterocycles. The molecule has 0 saturated carbocycles. The van der Waals surface area contributed by atoms with Crippen molar-refractivity contribution in [1.82, 2.24) is 4.98 Å². The van der Waals surface area contributed by atoms with Crippen LogP contribution in [0.15, 0.2) is 42.5 Å². The number of ketones is 1. The summed E-state index contributed by atoms with van der Waals surface area (Å²) in [5, 5.41) is 19.3. The van der Waals surface area contributed by atoms with Gasteiger partial charge in [0.2, 0.25) is 5.78 Å². The molecule has 2 aromatic carbocycles. The van der Waals surface area contributed by atoms with Crippen molar-refractivity contribution < 1.29 is 29.0 Å². The van der Waals surface area contributed by atoms with E-state index < -0.39 is 29.5 Å². The van der Waals surface area contributed by atoms with E-state index in [-0.39, 0.29) is 22.2 Å². The molecule has 0 bridgehead atoms. The summed E-state index contributed by atoms with van der Waals surface area (Å²) in [6.45, 7) is 0. The quantitative estimate of drug-likeness (QED) is 0.467. The molecule has 6 nitrogen and oxygen atoms in total. The maximum Gasteiger partial charge on any atom is 0.322 e. The van der Waals surface area contributed by atoms with Crippen molar-refractivity contribution in [3.63, 3.8) is 0 Å². The van der Waals surface area contributed by atoms with Gasteiger partial charge in [-0.15, -0.1) is 0 Å². The summed E-state index contributed by atoms with van der Waals surface area (Å²) in [6, 6.07) is 9.00. The SMILES string of the molecule is O=C(c1ccc(F)cc1)c1[nH]c2cc(Cl)ccc2c1C(C(=O)O)C(=O)O. The van der Waals surface area contributed by atoms with Crippen molar-refractivity contribution in [2.75, 3.05) is 0 Å². The molecular formula is C18H11ClFNO5. The van der Waals surface area contributed by atoms with E-state index in [2.05, 4.69) is 4.98 Å². The summed E-state index contributed by atoms with van der Waals surface area (Å²) < 4.78 is 13.1. The fraction of sp³-hybridized carbons (Fsp3) is 0.0556. The maximum atomic E-state index is 13.1. The van der Waals surface area contributed by atoms with Crippen LogP contribution in [0, 0.1) is 5.82 Å². The highest BCUT2D eigenvalue weighted by molar-refractivity contribution is 6.31. The van der Waals surface area contributed by atoms with Crippen LogP contribution in [-0.2, 0) is 9.59 Å². The lowest BCUT2D eigenvalue weighted by molar-refractivity contribution is -0.149. The molecule has 3 rings (SSSR count). The van der Waals surface area contributed by atoms with Crippen LogP contribution in [0.5, 0.6) is 0 Å². The smallest absolute Gasteiger partial charge is 0.322 e. The maximum absolute atomic E-state index is 13.1. The van der Waals surface area contributed by atoms with Crippen molar-refractivity contribution >= 4 is 40.2 Å². The van der Waals surface area contributed by atoms with Crippen molar-refractivity contribution in [2.45, 2.75) is 5.92 Å². The molecule has 0 unspecified atom stereocenters. The van der Waals surface area contributed by atoms with Crippen molar-refractivity contribution in [3.8, 4) is 0 Å². The Labute approximate surface area is 150 Å². The molecule has 8 heteroatoms. The Balaban J connectivity index is 2.28. The number of aromatic amines is 1. The average molecular weight is 376 g/mol. The van der Waals surface area contributed by atoms with Crippen LogP contribution in [0.4, 0.5) is 4.39 Å². The van der Waals surface area contributed by atoms with E-state index in [0.29, 0.717) is 10.5 Å². The van der Waals surface area contributed by atoms with Gasteiger partial charge in [0.05, 0.1) is 5.69 Å². The summed E-state index contributed by atoms with van der Waals surface area (Å²) in [5.41, 5.74) is 0.0416. The third-order valence-corrected chi connectivity index (χ3v) is 4.15. The van der Waals surface area contributed by atoms with Gasteiger partial charge in [0.25, 0.3) is 0 Å². The van der Waals surface area contributed by atoms with Gasteiger partial charge in [0.1, 0.15) is 5.82 Å². The van der Waals surface area contributed by atoms with Crippen molar-refractivity contribution in [3.05, 3.63) is 70.1 Å². The highest BCUT2D eigenvalue weighted by Crippen LogP contribution is 2.33. The first-order valence-electron chi connectivity index (χ1n) is 7.36. The molecule has 0 fully saturated rings. The monoisotopic (exact) mass is 375 g/mol. The van der Waals surface area contributed by atoms with Gasteiger partial charge in [-0.3, -0.25) is 14.4 Å². The minimum atomic E-state index is -1.95. The first-order chi connectivity index (χ1) is 12.3. The molecule has 3 N–H and O–H groups in total. The Bertz CT molecular complexity index is 1030. The molecule has 0 atom stereocenters. The van der Waals surface area contributed by atoms with Crippen LogP contribution in [-0.4, -0.2) is 32.9 Å². The number of carbonyl (C=O) groups excluding carboxylic acids is 1. The lowest BCUT2D eigenvalue weighted by Gasteiger charge is -2.10. The Hall–Kier alpha value is -3.19. The third kappa shape index (κ3) is 3.04. The first-order valence-corrected chi connectivity index (χ1v) is 7.74. The predicted molar refractivity (Wildman–Crippen MR) is 91.2 cm³/mol. The number of benzene rings is 2. The molecule has 0 aliphatic rings. The molecular weight excluding hydrogens is 365 g/mol. The van der Waals surface area contributed by atoms with Crippen LogP contribution in [0.1, 0.15) is 27.5 Å². The summed E-state index contributed by atoms with van der Waals surface area (Å²) >= 11 is 5.92. The molecule has 1 heterocycles. The van der Waals surface area contributed by atoms with Crippen LogP contribution in [0.25, 0.3) is 10.9 Å². The fourth-order valence-corrected chi connectivity index (χ4v) is 2.94. The molecule has 0 radical (unpaired) electrons. The Morgan fingerprint density at radius 3 is 2.19 bits per heavy atom. The molecule has 0 saturated heterocycles. The Morgan fingerprint density at radius 2 is 1.62 bits per heavy atom. The topological polar surface area (TPSA) is 107 Å². The highest BCUT2D eigenvalue weighted by Gasteiger charge is 2.35. The zero-order valence-electron chi connectivity index (χ0n) is 13.0. The van der Waals surface area contributed by atoms with E-state index in [1.165, 1.54) is 30.3 Å². The minimum Gasteiger partial charge on any atom is -0.480 e. The van der Waals surface area contributed by atoms with Gasteiger partial charge < -0.3 is 15.2 Å². The number of aromatic nitrogens is 1. The molecule has 0 aliphatic heterocycles. The van der Waals surface area contributed by atoms with Crippen molar-refractivity contribution in [2.24, 2.45) is 0 Å². The van der Waals surface area contributed by atoms with E-state index in [4.69, 9.17) is 11.6 Å². The lowest BCUT2D eigenvalue weighted by atomic mass is 9.93. The second-order valence-corrected chi connectivity index (χ2v) is 5.99. The second-order valence-electron chi connectivity index (χ2n) is 5.55. The van der Waals surface area contributed by atoms with Gasteiger partial charge >= 0.3 is 11.9 Å². The largest absolute Gasteiger partial charge is 0.480 e. The zero-order chi connectivity index (χ0) is 19.0. The van der Waals surface area contributed by atoms with E-state index in [9.17, 15) is 29.0 Å². The number of aliphatic carboxylic acids is 2. The fourth-order valence-electron chi connectivity index (χ4n) is 2.77. The first kappa shape index (κ1) is 17.6. The van der Waals surface area contributed by atoms with Crippen molar-refractivity contribution in [1.29, 1.82) is 0 Å². The van der Waals surface area contributed by atoms with Crippen LogP contribution >= 0.6 is 11.6 Å². The van der Waals surface area contributed by atoms with E-state index in [1.54, 1.807) is 0 Å². The van der Waals surface area contributed by atoms with Crippen LogP contribution in [0.3, 0.4) is 0 Å². The van der Waals surface area contributed by atoms with Crippen LogP contribution < -0.4 is 0 Å². The number of hydrogen-bond acceptors (Lipinski definition) is 3. The standard InChI is InChI=1S/C18H11ClFNO5/c19-9-3-6-11-12(7-9)21-15(13(11)14(17(23)24)18(25)26)16(22)8-1-4-10(20)5-2-8/h1-7,14,21H,(H,23,24)(H,25,26). The Morgan fingerprint density at radius 1 is 1.00 bits per heavy atom. The molecule has 3 aromatic rings. The molecule has 0 spiro atoms. The number of fused-ring (bicyclic) bond motifs is 1. The second kappa shape index (κ2) is 6.61. The lowest BCUT2D eigenvalue weighted by Crippen LogP contribution is -2.23. The van der Waals surface area contributed by atoms with Gasteiger partial charge in [-0.25, -0.2) is 4.39 Å². The summed E-state index contributed by atoms with van der Waals surface area (Å²) in [7, 11) is 0. The average Bonchev–Trinajstić information content (AvgIpc) is 2.92. The van der Waals surface area contributed by atoms with Crippen LogP contribution in [0.2, 0.25) is 5.02 Å². The predicted octanol–water partition coefficient (Wildman–Crippen LogP) is 3.44. The van der Waals surface area contributed by atoms with E-state index in [0.717, 1.165) is 12.1 Å². The number of hydrogen-bond donors (Lipinski definition) is 3. The summed E-state index contributed by atoms with van der Waals surface area (Å²) in [4.78, 5) is 38.6. The molecule has 0 aliphatic carbocycles. The van der Waals surface area contributed by atoms with Gasteiger partial charge in [-0.05, 0) is 36.4 Å². The molecule has 26 heavy (non-hydrogen) atoms. The number of nitrogens with one attached hydrogen (secondary N) is 1. The minimum absolute atomic E-state index is 0.0832. The number of H-pyrrole nitrogens is 1. The summed E-state index contributed by atoms with van der Waals surface area (Å²) in [5.74, 6) is -6.37. The number of carboxylic acid groups (broad SMARTS) is 2. The third-order valence-electron chi connectivity index (χ3n) is 3.92.